The number of fused-ring (bicyclic) bond motifs is 1. The van der Waals surface area contributed by atoms with Gasteiger partial charge in [-0.25, -0.2) is 4.39 Å². The molecule has 0 aromatic heterocycles. The minimum atomic E-state index is -0.206. The van der Waals surface area contributed by atoms with Crippen LogP contribution in [-0.2, 0) is 6.42 Å². The van der Waals surface area contributed by atoms with Crippen LogP contribution < -0.4 is 10.1 Å². The zero-order valence-electron chi connectivity index (χ0n) is 12.2. The van der Waals surface area contributed by atoms with Gasteiger partial charge in [-0.15, -0.1) is 0 Å². The Hall–Kier alpha value is -1.87. The molecule has 3 heteroatoms. The Bertz CT molecular complexity index is 609. The Kier molecular flexibility index (Phi) is 4.20. The van der Waals surface area contributed by atoms with Crippen LogP contribution in [-0.4, -0.2) is 13.2 Å². The lowest BCUT2D eigenvalue weighted by molar-refractivity contribution is 0.350. The van der Waals surface area contributed by atoms with Crippen LogP contribution in [0.25, 0.3) is 0 Å². The van der Waals surface area contributed by atoms with Gasteiger partial charge in [-0.2, -0.15) is 0 Å². The van der Waals surface area contributed by atoms with Crippen molar-refractivity contribution in [2.45, 2.75) is 25.8 Å². The summed E-state index contributed by atoms with van der Waals surface area (Å²) in [4.78, 5) is 0. The second kappa shape index (κ2) is 6.27. The van der Waals surface area contributed by atoms with Gasteiger partial charge in [-0.3, -0.25) is 0 Å². The number of ether oxygens (including phenoxy) is 1. The van der Waals surface area contributed by atoms with E-state index in [1.807, 2.05) is 12.1 Å². The van der Waals surface area contributed by atoms with E-state index in [4.69, 9.17) is 4.74 Å². The van der Waals surface area contributed by atoms with Crippen molar-refractivity contribution in [3.05, 3.63) is 65.0 Å². The van der Waals surface area contributed by atoms with Crippen LogP contribution >= 0.6 is 0 Å². The van der Waals surface area contributed by atoms with E-state index in [-0.39, 0.29) is 11.9 Å². The Morgan fingerprint density at radius 1 is 1.19 bits per heavy atom. The molecule has 0 radical (unpaired) electrons. The first-order chi connectivity index (χ1) is 10.3. The van der Waals surface area contributed by atoms with Gasteiger partial charge in [0.15, 0.2) is 0 Å². The predicted octanol–water partition coefficient (Wildman–Crippen LogP) is 3.85. The van der Waals surface area contributed by atoms with Crippen molar-refractivity contribution < 1.29 is 9.13 Å². The van der Waals surface area contributed by atoms with Gasteiger partial charge in [0.2, 0.25) is 0 Å². The summed E-state index contributed by atoms with van der Waals surface area (Å²) in [5, 5.41) is 3.55. The van der Waals surface area contributed by atoms with Crippen molar-refractivity contribution in [1.82, 2.24) is 5.32 Å². The minimum absolute atomic E-state index is 0.0404. The van der Waals surface area contributed by atoms with Crippen molar-refractivity contribution in [1.29, 1.82) is 0 Å². The van der Waals surface area contributed by atoms with Crippen molar-refractivity contribution >= 4 is 0 Å². The molecule has 1 atom stereocenters. The van der Waals surface area contributed by atoms with E-state index in [1.165, 1.54) is 17.7 Å². The Balaban J connectivity index is 1.99. The standard InChI is InChI=1S/C18H20FNO/c1-2-11-20-17(13-6-8-15(19)9-7-13)16-5-3-4-14-10-12-21-18(14)16/h3-9,17,20H,2,10-12H2,1H3. The topological polar surface area (TPSA) is 21.3 Å². The summed E-state index contributed by atoms with van der Waals surface area (Å²) >= 11 is 0. The van der Waals surface area contributed by atoms with Crippen LogP contribution in [0.2, 0.25) is 0 Å². The van der Waals surface area contributed by atoms with E-state index in [0.29, 0.717) is 0 Å². The van der Waals surface area contributed by atoms with Crippen molar-refractivity contribution in [2.75, 3.05) is 13.2 Å². The molecule has 2 aromatic rings. The second-order valence-electron chi connectivity index (χ2n) is 5.37. The third-order valence-electron chi connectivity index (χ3n) is 3.86. The summed E-state index contributed by atoms with van der Waals surface area (Å²) in [7, 11) is 0. The van der Waals surface area contributed by atoms with Crippen LogP contribution in [0.1, 0.15) is 36.1 Å². The quantitative estimate of drug-likeness (QED) is 0.901. The number of hydrogen-bond acceptors (Lipinski definition) is 2. The highest BCUT2D eigenvalue weighted by Gasteiger charge is 2.22. The second-order valence-corrected chi connectivity index (χ2v) is 5.37. The van der Waals surface area contributed by atoms with Crippen molar-refractivity contribution in [2.24, 2.45) is 0 Å². The average molecular weight is 285 g/mol. The van der Waals surface area contributed by atoms with E-state index < -0.39 is 0 Å². The van der Waals surface area contributed by atoms with Gasteiger partial charge in [0, 0.05) is 12.0 Å². The van der Waals surface area contributed by atoms with Gasteiger partial charge in [-0.1, -0.05) is 37.3 Å². The summed E-state index contributed by atoms with van der Waals surface area (Å²) in [6, 6.07) is 13.0. The first-order valence-electron chi connectivity index (χ1n) is 7.53. The summed E-state index contributed by atoms with van der Waals surface area (Å²) in [6.45, 7) is 3.79. The molecular weight excluding hydrogens is 265 g/mol. The molecule has 0 saturated heterocycles. The molecule has 2 aromatic carbocycles. The minimum Gasteiger partial charge on any atom is -0.493 e. The molecule has 0 spiro atoms. The fourth-order valence-corrected chi connectivity index (χ4v) is 2.82. The Labute approximate surface area is 125 Å². The van der Waals surface area contributed by atoms with Gasteiger partial charge in [0.1, 0.15) is 11.6 Å². The number of rotatable bonds is 5. The summed E-state index contributed by atoms with van der Waals surface area (Å²) in [5.41, 5.74) is 3.47. The molecule has 1 unspecified atom stereocenters. The van der Waals surface area contributed by atoms with Gasteiger partial charge in [0.25, 0.3) is 0 Å². The zero-order chi connectivity index (χ0) is 14.7. The lowest BCUT2D eigenvalue weighted by atomic mass is 9.95. The molecule has 1 N–H and O–H groups in total. The molecule has 21 heavy (non-hydrogen) atoms. The molecule has 1 aliphatic heterocycles. The normalized spacial score (nSPS) is 14.6. The maximum atomic E-state index is 13.2. The van der Waals surface area contributed by atoms with Crippen LogP contribution in [0.15, 0.2) is 42.5 Å². The average Bonchev–Trinajstić information content (AvgIpc) is 2.98. The van der Waals surface area contributed by atoms with Crippen LogP contribution in [0.5, 0.6) is 5.75 Å². The molecule has 0 fully saturated rings. The maximum Gasteiger partial charge on any atom is 0.127 e. The molecule has 0 bridgehead atoms. The van der Waals surface area contributed by atoms with Gasteiger partial charge in [-0.05, 0) is 36.2 Å². The highest BCUT2D eigenvalue weighted by Crippen LogP contribution is 2.36. The van der Waals surface area contributed by atoms with Crippen LogP contribution in [0, 0.1) is 5.82 Å². The first kappa shape index (κ1) is 14.1. The number of nitrogens with one attached hydrogen (secondary N) is 1. The summed E-state index contributed by atoms with van der Waals surface area (Å²) in [5.74, 6) is 0.790. The number of halogens is 1. The third-order valence-corrected chi connectivity index (χ3v) is 3.86. The lowest BCUT2D eigenvalue weighted by Crippen LogP contribution is -2.23. The van der Waals surface area contributed by atoms with Gasteiger partial charge < -0.3 is 10.1 Å². The van der Waals surface area contributed by atoms with Crippen molar-refractivity contribution in [3.8, 4) is 5.75 Å². The number of hydrogen-bond donors (Lipinski definition) is 1. The Morgan fingerprint density at radius 3 is 2.76 bits per heavy atom. The third kappa shape index (κ3) is 2.93. The SMILES string of the molecule is CCCNC(c1ccc(F)cc1)c1cccc2c1OCC2. The molecule has 1 aliphatic rings. The number of benzene rings is 2. The van der Waals surface area contributed by atoms with E-state index in [1.54, 1.807) is 0 Å². The first-order valence-corrected chi connectivity index (χ1v) is 7.53. The van der Waals surface area contributed by atoms with Crippen LogP contribution in [0.3, 0.4) is 0 Å². The monoisotopic (exact) mass is 285 g/mol. The van der Waals surface area contributed by atoms with Crippen LogP contribution in [0.4, 0.5) is 4.39 Å². The molecule has 2 nitrogen and oxygen atoms in total. The summed E-state index contributed by atoms with van der Waals surface area (Å²) in [6.07, 6.45) is 2.01. The van der Waals surface area contributed by atoms with E-state index >= 15 is 0 Å². The molecule has 0 saturated carbocycles. The zero-order valence-corrected chi connectivity index (χ0v) is 12.2. The molecule has 0 aliphatic carbocycles. The maximum absolute atomic E-state index is 13.2. The molecule has 1 heterocycles. The molecule has 110 valence electrons. The van der Waals surface area contributed by atoms with E-state index in [9.17, 15) is 4.39 Å². The molecular formula is C18H20FNO. The van der Waals surface area contributed by atoms with Gasteiger partial charge >= 0.3 is 0 Å². The molecule has 0 amide bonds. The van der Waals surface area contributed by atoms with E-state index in [2.05, 4.69) is 30.4 Å². The van der Waals surface area contributed by atoms with Gasteiger partial charge in [0.05, 0.1) is 12.6 Å². The van der Waals surface area contributed by atoms with E-state index in [0.717, 1.165) is 42.9 Å². The smallest absolute Gasteiger partial charge is 0.127 e. The number of para-hydroxylation sites is 1. The summed E-state index contributed by atoms with van der Waals surface area (Å²) < 4.78 is 19.0. The molecule has 3 rings (SSSR count). The lowest BCUT2D eigenvalue weighted by Gasteiger charge is -2.21. The fourth-order valence-electron chi connectivity index (χ4n) is 2.82. The highest BCUT2D eigenvalue weighted by atomic mass is 19.1. The Morgan fingerprint density at radius 2 is 2.00 bits per heavy atom. The predicted molar refractivity (Wildman–Crippen MR) is 82.2 cm³/mol. The van der Waals surface area contributed by atoms with Crippen molar-refractivity contribution in [3.63, 3.8) is 0 Å². The fraction of sp³-hybridized carbons (Fsp3) is 0.333. The highest BCUT2D eigenvalue weighted by molar-refractivity contribution is 5.48. The largest absolute Gasteiger partial charge is 0.493 e.